The maximum atomic E-state index is 10.9. The van der Waals surface area contributed by atoms with Gasteiger partial charge in [0.1, 0.15) is 11.6 Å². The van der Waals surface area contributed by atoms with Gasteiger partial charge in [-0.1, -0.05) is 37.3 Å². The summed E-state index contributed by atoms with van der Waals surface area (Å²) >= 11 is 1.51. The zero-order chi connectivity index (χ0) is 19.1. The number of aromatic nitrogens is 3. The molecule has 1 N–H and O–H groups in total. The van der Waals surface area contributed by atoms with E-state index in [1.807, 2.05) is 19.1 Å². The van der Waals surface area contributed by atoms with Crippen molar-refractivity contribution in [3.05, 3.63) is 40.5 Å². The van der Waals surface area contributed by atoms with Crippen LogP contribution in [0.3, 0.4) is 0 Å². The first-order valence-electron chi connectivity index (χ1n) is 9.39. The number of benzene rings is 1. The molecule has 1 aliphatic heterocycles. The van der Waals surface area contributed by atoms with Crippen LogP contribution in [-0.4, -0.2) is 44.8 Å². The number of fused-ring (bicyclic) bond motifs is 1. The number of hydrogen-bond donors (Lipinski definition) is 1. The van der Waals surface area contributed by atoms with Crippen molar-refractivity contribution < 1.29 is 9.84 Å². The highest BCUT2D eigenvalue weighted by Crippen LogP contribution is 2.42. The Morgan fingerprint density at radius 3 is 2.67 bits per heavy atom. The molecule has 0 saturated carbocycles. The van der Waals surface area contributed by atoms with Gasteiger partial charge in [0.2, 0.25) is 10.8 Å². The molecule has 3 aromatic rings. The second-order valence-corrected chi connectivity index (χ2v) is 8.73. The highest BCUT2D eigenvalue weighted by Gasteiger charge is 2.33. The molecule has 3 atom stereocenters. The molecule has 0 unspecified atom stereocenters. The third-order valence-electron chi connectivity index (χ3n) is 5.23. The minimum absolute atomic E-state index is 0.0425. The maximum Gasteiger partial charge on any atom is 0.230 e. The second-order valence-electron chi connectivity index (χ2n) is 7.72. The quantitative estimate of drug-likeness (QED) is 0.737. The van der Waals surface area contributed by atoms with Gasteiger partial charge in [0, 0.05) is 13.1 Å². The highest BCUT2D eigenvalue weighted by molar-refractivity contribution is 7.17. The molecule has 3 heterocycles. The number of methoxy groups -OCH3 is 1. The van der Waals surface area contributed by atoms with Gasteiger partial charge in [-0.15, -0.1) is 5.10 Å². The van der Waals surface area contributed by atoms with E-state index in [4.69, 9.17) is 4.74 Å². The van der Waals surface area contributed by atoms with Gasteiger partial charge in [0.15, 0.2) is 0 Å². The van der Waals surface area contributed by atoms with Crippen molar-refractivity contribution in [3.63, 3.8) is 0 Å². The van der Waals surface area contributed by atoms with Crippen LogP contribution in [-0.2, 0) is 0 Å². The van der Waals surface area contributed by atoms with E-state index in [0.29, 0.717) is 17.7 Å². The number of aryl methyl sites for hydroxylation is 1. The molecule has 2 aromatic heterocycles. The molecule has 1 saturated heterocycles. The maximum absolute atomic E-state index is 10.9. The van der Waals surface area contributed by atoms with E-state index in [1.54, 1.807) is 11.6 Å². The van der Waals surface area contributed by atoms with Gasteiger partial charge in [0.25, 0.3) is 0 Å². The first kappa shape index (κ1) is 18.3. The molecular formula is C20H26N4O2S. The average Bonchev–Trinajstić information content (AvgIpc) is 3.12. The predicted octanol–water partition coefficient (Wildman–Crippen LogP) is 3.88. The fraction of sp³-hybridized carbons (Fsp3) is 0.500. The number of likely N-dealkylation sites (tertiary alicyclic amines) is 1. The van der Waals surface area contributed by atoms with Crippen LogP contribution in [0.4, 0.5) is 0 Å². The zero-order valence-corrected chi connectivity index (χ0v) is 17.0. The molecule has 0 aliphatic carbocycles. The van der Waals surface area contributed by atoms with Gasteiger partial charge < -0.3 is 9.84 Å². The van der Waals surface area contributed by atoms with Gasteiger partial charge in [0.05, 0.1) is 18.0 Å². The summed E-state index contributed by atoms with van der Waals surface area (Å²) in [6.07, 6.45) is 1.24. The van der Waals surface area contributed by atoms with Crippen molar-refractivity contribution in [2.45, 2.75) is 33.2 Å². The van der Waals surface area contributed by atoms with E-state index in [2.05, 4.69) is 41.0 Å². The molecule has 0 spiro atoms. The largest absolute Gasteiger partial charge is 0.497 e. The molecule has 1 fully saturated rings. The van der Waals surface area contributed by atoms with Gasteiger partial charge in [-0.25, -0.2) is 4.98 Å². The highest BCUT2D eigenvalue weighted by atomic mass is 32.1. The molecule has 0 amide bonds. The summed E-state index contributed by atoms with van der Waals surface area (Å²) in [7, 11) is 1.68. The monoisotopic (exact) mass is 386 g/mol. The van der Waals surface area contributed by atoms with Crippen molar-refractivity contribution in [2.24, 2.45) is 11.8 Å². The van der Waals surface area contributed by atoms with E-state index >= 15 is 0 Å². The smallest absolute Gasteiger partial charge is 0.230 e. The van der Waals surface area contributed by atoms with Gasteiger partial charge in [-0.3, -0.25) is 4.90 Å². The third kappa shape index (κ3) is 3.41. The molecule has 144 valence electrons. The van der Waals surface area contributed by atoms with Crippen molar-refractivity contribution in [1.82, 2.24) is 19.5 Å². The molecule has 6 nitrogen and oxygen atoms in total. The van der Waals surface area contributed by atoms with Crippen molar-refractivity contribution in [2.75, 3.05) is 20.2 Å². The number of thiazole rings is 1. The van der Waals surface area contributed by atoms with Crippen LogP contribution in [0, 0.1) is 18.8 Å². The Balaban J connectivity index is 1.83. The number of piperidine rings is 1. The van der Waals surface area contributed by atoms with Crippen molar-refractivity contribution in [3.8, 4) is 11.6 Å². The van der Waals surface area contributed by atoms with Crippen LogP contribution in [0.25, 0.3) is 4.96 Å². The van der Waals surface area contributed by atoms with Gasteiger partial charge in [-0.05, 0) is 42.9 Å². The van der Waals surface area contributed by atoms with E-state index in [0.717, 1.165) is 34.2 Å². The SMILES string of the molecule is COc1cccc([C@@H](c2sc3nc(C)nn3c2O)N2C[C@H](C)C[C@H](C)C2)c1. The fourth-order valence-electron chi connectivity index (χ4n) is 4.29. The number of nitrogens with zero attached hydrogens (tertiary/aromatic N) is 4. The van der Waals surface area contributed by atoms with E-state index in [9.17, 15) is 5.11 Å². The number of aromatic hydroxyl groups is 1. The summed E-state index contributed by atoms with van der Waals surface area (Å²) in [4.78, 5) is 8.54. The number of rotatable bonds is 4. The van der Waals surface area contributed by atoms with E-state index < -0.39 is 0 Å². The van der Waals surface area contributed by atoms with Gasteiger partial charge >= 0.3 is 0 Å². The van der Waals surface area contributed by atoms with Crippen LogP contribution < -0.4 is 4.74 Å². The summed E-state index contributed by atoms with van der Waals surface area (Å²) < 4.78 is 7.01. The Morgan fingerprint density at radius 1 is 1.26 bits per heavy atom. The molecular weight excluding hydrogens is 360 g/mol. The van der Waals surface area contributed by atoms with Gasteiger partial charge in [-0.2, -0.15) is 4.52 Å². The molecule has 4 rings (SSSR count). The van der Waals surface area contributed by atoms with Crippen LogP contribution >= 0.6 is 11.3 Å². The molecule has 0 radical (unpaired) electrons. The zero-order valence-electron chi connectivity index (χ0n) is 16.2. The number of ether oxygens (including phenoxy) is 1. The summed E-state index contributed by atoms with van der Waals surface area (Å²) in [6.45, 7) is 8.44. The molecule has 7 heteroatoms. The lowest BCUT2D eigenvalue weighted by atomic mass is 9.89. The Bertz CT molecular complexity index is 941. The van der Waals surface area contributed by atoms with E-state index in [-0.39, 0.29) is 11.9 Å². The Hall–Kier alpha value is -2.12. The average molecular weight is 387 g/mol. The van der Waals surface area contributed by atoms with E-state index in [1.165, 1.54) is 17.8 Å². The Kier molecular flexibility index (Phi) is 4.82. The second kappa shape index (κ2) is 7.13. The molecule has 1 aromatic carbocycles. The van der Waals surface area contributed by atoms with Crippen LogP contribution in [0.1, 0.15) is 42.6 Å². The summed E-state index contributed by atoms with van der Waals surface area (Å²) in [5, 5.41) is 15.3. The summed E-state index contributed by atoms with van der Waals surface area (Å²) in [6, 6.07) is 8.09. The predicted molar refractivity (Wildman–Crippen MR) is 107 cm³/mol. The van der Waals surface area contributed by atoms with Crippen LogP contribution in [0.5, 0.6) is 11.6 Å². The van der Waals surface area contributed by atoms with Crippen molar-refractivity contribution >= 4 is 16.3 Å². The first-order chi connectivity index (χ1) is 13.0. The lowest BCUT2D eigenvalue weighted by Gasteiger charge is -2.40. The van der Waals surface area contributed by atoms with Crippen LogP contribution in [0.15, 0.2) is 24.3 Å². The van der Waals surface area contributed by atoms with Crippen LogP contribution in [0.2, 0.25) is 0 Å². The third-order valence-corrected chi connectivity index (χ3v) is 6.30. The Labute approximate surface area is 163 Å². The number of hydrogen-bond acceptors (Lipinski definition) is 6. The standard InChI is InChI=1S/C20H26N4O2S/c1-12-8-13(2)11-23(10-12)17(15-6-5-7-16(9-15)26-4)18-19(25)24-20(27-18)21-14(3)22-24/h5-7,9,12-13,17,25H,8,10-11H2,1-4H3/t12-,13+,17-/m0/s1. The lowest BCUT2D eigenvalue weighted by molar-refractivity contribution is 0.111. The Morgan fingerprint density at radius 2 is 2.00 bits per heavy atom. The minimum Gasteiger partial charge on any atom is -0.497 e. The minimum atomic E-state index is -0.0425. The summed E-state index contributed by atoms with van der Waals surface area (Å²) in [5.74, 6) is 2.92. The van der Waals surface area contributed by atoms with Crippen molar-refractivity contribution in [1.29, 1.82) is 0 Å². The lowest BCUT2D eigenvalue weighted by Crippen LogP contribution is -2.41. The fourth-order valence-corrected chi connectivity index (χ4v) is 5.45. The molecule has 1 aliphatic rings. The summed E-state index contributed by atoms with van der Waals surface area (Å²) in [5.41, 5.74) is 1.12. The first-order valence-corrected chi connectivity index (χ1v) is 10.2. The molecule has 27 heavy (non-hydrogen) atoms. The molecule has 0 bridgehead atoms. The topological polar surface area (TPSA) is 62.9 Å². The normalized spacial score (nSPS) is 22.2.